The van der Waals surface area contributed by atoms with Crippen molar-refractivity contribution in [3.63, 3.8) is 0 Å². The quantitative estimate of drug-likeness (QED) is 0.464. The molecule has 24 heavy (non-hydrogen) atoms. The van der Waals surface area contributed by atoms with Gasteiger partial charge >= 0.3 is 0 Å². The number of non-ortho nitro benzene ring substituents is 1. The highest BCUT2D eigenvalue weighted by Gasteiger charge is 2.07. The molecule has 124 valence electrons. The number of ether oxygens (including phenoxy) is 1. The van der Waals surface area contributed by atoms with Crippen molar-refractivity contribution in [2.75, 3.05) is 6.61 Å². The van der Waals surface area contributed by atoms with E-state index in [0.717, 1.165) is 4.47 Å². The predicted octanol–water partition coefficient (Wildman–Crippen LogP) is 3.28. The number of nitro groups is 1. The minimum Gasteiger partial charge on any atom is -0.483 e. The molecule has 0 saturated carbocycles. The normalized spacial score (nSPS) is 11.0. The number of nitro benzene ring substituents is 1. The van der Waals surface area contributed by atoms with Crippen LogP contribution in [0.3, 0.4) is 0 Å². The SMILES string of the molecule is CC(=NNC(=O)COc1ccccc1Br)c1ccc([N+](=O)[O-])cc1. The van der Waals surface area contributed by atoms with Gasteiger partial charge in [0.25, 0.3) is 11.6 Å². The molecule has 2 aromatic carbocycles. The van der Waals surface area contributed by atoms with Crippen molar-refractivity contribution in [1.29, 1.82) is 0 Å². The van der Waals surface area contributed by atoms with Gasteiger partial charge in [0.1, 0.15) is 5.75 Å². The van der Waals surface area contributed by atoms with Crippen LogP contribution in [-0.4, -0.2) is 23.1 Å². The fraction of sp³-hybridized carbons (Fsp3) is 0.125. The van der Waals surface area contributed by atoms with Crippen LogP contribution in [0.4, 0.5) is 5.69 Å². The summed E-state index contributed by atoms with van der Waals surface area (Å²) in [5.74, 6) is 0.149. The first kappa shape index (κ1) is 17.6. The van der Waals surface area contributed by atoms with E-state index in [1.54, 1.807) is 31.2 Å². The van der Waals surface area contributed by atoms with Gasteiger partial charge in [0.2, 0.25) is 0 Å². The number of nitrogens with zero attached hydrogens (tertiary/aromatic N) is 2. The van der Waals surface area contributed by atoms with Crippen LogP contribution in [0.5, 0.6) is 5.75 Å². The first-order chi connectivity index (χ1) is 11.5. The molecule has 8 heteroatoms. The van der Waals surface area contributed by atoms with Gasteiger partial charge in [0, 0.05) is 12.1 Å². The Balaban J connectivity index is 1.90. The van der Waals surface area contributed by atoms with E-state index >= 15 is 0 Å². The zero-order valence-corrected chi connectivity index (χ0v) is 14.3. The molecular formula is C16H14BrN3O4. The number of hydrogen-bond donors (Lipinski definition) is 1. The Bertz CT molecular complexity index is 775. The third-order valence-electron chi connectivity index (χ3n) is 3.04. The maximum absolute atomic E-state index is 11.8. The first-order valence-electron chi connectivity index (χ1n) is 6.92. The molecule has 0 aliphatic rings. The van der Waals surface area contributed by atoms with Crippen LogP contribution in [0.1, 0.15) is 12.5 Å². The van der Waals surface area contributed by atoms with Crippen LogP contribution in [0.2, 0.25) is 0 Å². The van der Waals surface area contributed by atoms with Crippen molar-refractivity contribution in [1.82, 2.24) is 5.43 Å². The number of hydrazone groups is 1. The average molecular weight is 392 g/mol. The Hall–Kier alpha value is -2.74. The van der Waals surface area contributed by atoms with E-state index in [1.807, 2.05) is 12.1 Å². The Morgan fingerprint density at radius 2 is 1.92 bits per heavy atom. The van der Waals surface area contributed by atoms with Crippen LogP contribution in [0.25, 0.3) is 0 Å². The van der Waals surface area contributed by atoms with Gasteiger partial charge in [0.15, 0.2) is 6.61 Å². The fourth-order valence-corrected chi connectivity index (χ4v) is 2.17. The third kappa shape index (κ3) is 4.88. The van der Waals surface area contributed by atoms with Gasteiger partial charge in [-0.3, -0.25) is 14.9 Å². The molecule has 1 N–H and O–H groups in total. The fourth-order valence-electron chi connectivity index (χ4n) is 1.77. The number of benzene rings is 2. The standard InChI is InChI=1S/C16H14BrN3O4/c1-11(12-6-8-13(9-7-12)20(22)23)18-19-16(21)10-24-15-5-3-2-4-14(15)17/h2-9H,10H2,1H3,(H,19,21). The van der Waals surface area contributed by atoms with Crippen molar-refractivity contribution >= 4 is 33.2 Å². The first-order valence-corrected chi connectivity index (χ1v) is 7.72. The van der Waals surface area contributed by atoms with E-state index in [0.29, 0.717) is 17.0 Å². The van der Waals surface area contributed by atoms with Crippen LogP contribution >= 0.6 is 15.9 Å². The van der Waals surface area contributed by atoms with Crippen LogP contribution < -0.4 is 10.2 Å². The highest BCUT2D eigenvalue weighted by molar-refractivity contribution is 9.10. The van der Waals surface area contributed by atoms with Crippen LogP contribution in [0, 0.1) is 10.1 Å². The molecule has 0 unspecified atom stereocenters. The molecule has 0 fully saturated rings. The molecule has 0 radical (unpaired) electrons. The molecule has 0 heterocycles. The molecule has 7 nitrogen and oxygen atoms in total. The molecule has 2 aromatic rings. The van der Waals surface area contributed by atoms with Gasteiger partial charge in [-0.25, -0.2) is 5.43 Å². The highest BCUT2D eigenvalue weighted by atomic mass is 79.9. The predicted molar refractivity (Wildman–Crippen MR) is 93.1 cm³/mol. The lowest BCUT2D eigenvalue weighted by atomic mass is 10.1. The van der Waals surface area contributed by atoms with E-state index < -0.39 is 10.8 Å². The van der Waals surface area contributed by atoms with E-state index in [4.69, 9.17) is 4.74 Å². The summed E-state index contributed by atoms with van der Waals surface area (Å²) in [5, 5.41) is 14.6. The molecule has 1 amide bonds. The topological polar surface area (TPSA) is 93.8 Å². The monoisotopic (exact) mass is 391 g/mol. The number of carbonyl (C=O) groups is 1. The van der Waals surface area contributed by atoms with Crippen molar-refractivity contribution in [3.8, 4) is 5.75 Å². The molecular weight excluding hydrogens is 378 g/mol. The van der Waals surface area contributed by atoms with Gasteiger partial charge in [-0.2, -0.15) is 5.10 Å². The summed E-state index contributed by atoms with van der Waals surface area (Å²) in [5.41, 5.74) is 3.58. The lowest BCUT2D eigenvalue weighted by Gasteiger charge is -2.07. The summed E-state index contributed by atoms with van der Waals surface area (Å²) < 4.78 is 6.13. The van der Waals surface area contributed by atoms with E-state index in [-0.39, 0.29) is 12.3 Å². The lowest BCUT2D eigenvalue weighted by molar-refractivity contribution is -0.384. The van der Waals surface area contributed by atoms with Gasteiger partial charge < -0.3 is 4.74 Å². The van der Waals surface area contributed by atoms with E-state index in [1.165, 1.54) is 12.1 Å². The zero-order valence-electron chi connectivity index (χ0n) is 12.7. The molecule has 0 spiro atoms. The van der Waals surface area contributed by atoms with Crippen molar-refractivity contribution < 1.29 is 14.5 Å². The largest absolute Gasteiger partial charge is 0.483 e. The van der Waals surface area contributed by atoms with E-state index in [2.05, 4.69) is 26.5 Å². The van der Waals surface area contributed by atoms with Crippen LogP contribution in [0.15, 0.2) is 58.1 Å². The smallest absolute Gasteiger partial charge is 0.277 e. The summed E-state index contributed by atoms with van der Waals surface area (Å²) in [7, 11) is 0. The molecule has 0 atom stereocenters. The molecule has 0 aromatic heterocycles. The van der Waals surface area contributed by atoms with Gasteiger partial charge in [-0.05, 0) is 52.7 Å². The van der Waals surface area contributed by atoms with Gasteiger partial charge in [0.05, 0.1) is 15.1 Å². The van der Waals surface area contributed by atoms with Crippen LogP contribution in [-0.2, 0) is 4.79 Å². The van der Waals surface area contributed by atoms with Crippen molar-refractivity contribution in [2.45, 2.75) is 6.92 Å². The minimum atomic E-state index is -0.475. The lowest BCUT2D eigenvalue weighted by Crippen LogP contribution is -2.25. The molecule has 0 saturated heterocycles. The number of amides is 1. The second-order valence-corrected chi connectivity index (χ2v) is 5.61. The summed E-state index contributed by atoms with van der Waals surface area (Å²) in [6.07, 6.45) is 0. The van der Waals surface area contributed by atoms with Crippen molar-refractivity contribution in [2.24, 2.45) is 5.10 Å². The minimum absolute atomic E-state index is 0.00239. The Kier molecular flexibility index (Phi) is 6.02. The molecule has 0 aliphatic carbocycles. The Morgan fingerprint density at radius 1 is 1.25 bits per heavy atom. The number of rotatable bonds is 6. The third-order valence-corrected chi connectivity index (χ3v) is 3.69. The van der Waals surface area contributed by atoms with Gasteiger partial charge in [-0.15, -0.1) is 0 Å². The Labute approximate surface area is 146 Å². The maximum atomic E-state index is 11.8. The summed E-state index contributed by atoms with van der Waals surface area (Å²) >= 11 is 3.32. The average Bonchev–Trinajstić information content (AvgIpc) is 2.59. The van der Waals surface area contributed by atoms with E-state index in [9.17, 15) is 14.9 Å². The number of para-hydroxylation sites is 1. The molecule has 0 bridgehead atoms. The second-order valence-electron chi connectivity index (χ2n) is 4.76. The molecule has 2 rings (SSSR count). The maximum Gasteiger partial charge on any atom is 0.277 e. The number of halogens is 1. The number of hydrogen-bond acceptors (Lipinski definition) is 5. The summed E-state index contributed by atoms with van der Waals surface area (Å²) in [4.78, 5) is 21.9. The zero-order chi connectivity index (χ0) is 17.5. The highest BCUT2D eigenvalue weighted by Crippen LogP contribution is 2.23. The van der Waals surface area contributed by atoms with Gasteiger partial charge in [-0.1, -0.05) is 12.1 Å². The molecule has 0 aliphatic heterocycles. The number of carbonyl (C=O) groups excluding carboxylic acids is 1. The van der Waals surface area contributed by atoms with Crippen molar-refractivity contribution in [3.05, 3.63) is 68.7 Å². The summed E-state index contributed by atoms with van der Waals surface area (Å²) in [6.45, 7) is 1.51. The summed E-state index contributed by atoms with van der Waals surface area (Å²) in [6, 6.07) is 13.1. The Morgan fingerprint density at radius 3 is 2.54 bits per heavy atom. The number of nitrogens with one attached hydrogen (secondary N) is 1. The second kappa shape index (κ2) is 8.21.